The number of aliphatic hydroxyl groups excluding tert-OH is 2. The van der Waals surface area contributed by atoms with Gasteiger partial charge in [-0.05, 0) is 19.1 Å². The molecule has 0 fully saturated rings. The first kappa shape index (κ1) is 10.9. The summed E-state index contributed by atoms with van der Waals surface area (Å²) in [6.07, 6.45) is -0.403. The van der Waals surface area contributed by atoms with E-state index in [2.05, 4.69) is 10.2 Å². The lowest BCUT2D eigenvalue weighted by Gasteiger charge is -2.18. The van der Waals surface area contributed by atoms with Crippen LogP contribution < -0.4 is 4.90 Å². The van der Waals surface area contributed by atoms with Crippen molar-refractivity contribution in [3.63, 3.8) is 0 Å². The third-order valence-electron chi connectivity index (χ3n) is 1.80. The molecule has 0 saturated heterocycles. The molecule has 0 saturated carbocycles. The topological polar surface area (TPSA) is 69.5 Å². The van der Waals surface area contributed by atoms with E-state index >= 15 is 0 Å². The molecule has 0 amide bonds. The molecule has 0 aliphatic heterocycles. The average molecular weight is 197 g/mol. The lowest BCUT2D eigenvalue weighted by molar-refractivity contribution is 0.201. The third kappa shape index (κ3) is 2.93. The smallest absolute Gasteiger partial charge is 0.151 e. The monoisotopic (exact) mass is 197 g/mol. The lowest BCUT2D eigenvalue weighted by Crippen LogP contribution is -2.27. The van der Waals surface area contributed by atoms with Crippen molar-refractivity contribution in [1.82, 2.24) is 10.2 Å². The Hall–Kier alpha value is -1.20. The van der Waals surface area contributed by atoms with E-state index in [1.807, 2.05) is 7.05 Å². The van der Waals surface area contributed by atoms with Gasteiger partial charge in [-0.15, -0.1) is 5.10 Å². The summed E-state index contributed by atoms with van der Waals surface area (Å²) >= 11 is 0. The molecule has 1 unspecified atom stereocenters. The minimum atomic E-state index is -0.403. The molecule has 1 heterocycles. The molecular formula is C9H15N3O2. The second kappa shape index (κ2) is 4.88. The summed E-state index contributed by atoms with van der Waals surface area (Å²) in [5.41, 5.74) is 0.541. The van der Waals surface area contributed by atoms with Crippen molar-refractivity contribution in [2.24, 2.45) is 0 Å². The van der Waals surface area contributed by atoms with Crippen molar-refractivity contribution in [3.05, 3.63) is 17.8 Å². The number of likely N-dealkylation sites (N-methyl/N-ethyl adjacent to an activating group) is 1. The summed E-state index contributed by atoms with van der Waals surface area (Å²) in [7, 11) is 1.83. The number of hydrogen-bond donors (Lipinski definition) is 2. The first-order valence-corrected chi connectivity index (χ1v) is 4.46. The highest BCUT2D eigenvalue weighted by Crippen LogP contribution is 2.07. The Balaban J connectivity index is 2.66. The van der Waals surface area contributed by atoms with E-state index in [-0.39, 0.29) is 6.61 Å². The molecule has 78 valence electrons. The van der Waals surface area contributed by atoms with Gasteiger partial charge in [0.05, 0.1) is 18.4 Å². The molecule has 1 rings (SSSR count). The van der Waals surface area contributed by atoms with Gasteiger partial charge in [0.2, 0.25) is 0 Å². The van der Waals surface area contributed by atoms with Crippen LogP contribution in [0.15, 0.2) is 12.1 Å². The summed E-state index contributed by atoms with van der Waals surface area (Å²) < 4.78 is 0. The summed E-state index contributed by atoms with van der Waals surface area (Å²) in [4.78, 5) is 1.80. The first-order chi connectivity index (χ1) is 6.63. The quantitative estimate of drug-likeness (QED) is 0.698. The number of hydrogen-bond acceptors (Lipinski definition) is 5. The molecule has 1 aromatic heterocycles. The van der Waals surface area contributed by atoms with Gasteiger partial charge in [0.25, 0.3) is 0 Å². The maximum atomic E-state index is 9.16. The third-order valence-corrected chi connectivity index (χ3v) is 1.80. The van der Waals surface area contributed by atoms with Gasteiger partial charge in [-0.25, -0.2) is 0 Å². The van der Waals surface area contributed by atoms with Crippen LogP contribution in [0.5, 0.6) is 0 Å². The number of nitrogens with zero attached hydrogens (tertiary/aromatic N) is 3. The fourth-order valence-electron chi connectivity index (χ4n) is 1.13. The maximum Gasteiger partial charge on any atom is 0.151 e. The van der Waals surface area contributed by atoms with Crippen molar-refractivity contribution >= 4 is 5.82 Å². The molecule has 0 bridgehead atoms. The maximum absolute atomic E-state index is 9.16. The Kier molecular flexibility index (Phi) is 3.79. The van der Waals surface area contributed by atoms with E-state index in [1.54, 1.807) is 24.0 Å². The summed E-state index contributed by atoms with van der Waals surface area (Å²) in [6, 6.07) is 3.47. The number of aliphatic hydroxyl groups is 2. The van der Waals surface area contributed by atoms with Gasteiger partial charge in [0.1, 0.15) is 0 Å². The highest BCUT2D eigenvalue weighted by Gasteiger charge is 2.05. The van der Waals surface area contributed by atoms with Crippen LogP contribution in [0.4, 0.5) is 5.82 Å². The zero-order valence-electron chi connectivity index (χ0n) is 8.38. The average Bonchev–Trinajstić information content (AvgIpc) is 2.17. The van der Waals surface area contributed by atoms with Gasteiger partial charge >= 0.3 is 0 Å². The van der Waals surface area contributed by atoms with Crippen LogP contribution in [0, 0.1) is 0 Å². The summed E-state index contributed by atoms with van der Waals surface area (Å²) in [5.74, 6) is 0.683. The normalized spacial score (nSPS) is 12.6. The van der Waals surface area contributed by atoms with Crippen LogP contribution in [-0.4, -0.2) is 40.1 Å². The van der Waals surface area contributed by atoms with E-state index in [1.165, 1.54) is 0 Å². The van der Waals surface area contributed by atoms with E-state index in [0.29, 0.717) is 18.1 Å². The Bertz CT molecular complexity index is 274. The summed E-state index contributed by atoms with van der Waals surface area (Å²) in [6.45, 7) is 2.12. The van der Waals surface area contributed by atoms with Crippen LogP contribution >= 0.6 is 0 Å². The predicted molar refractivity (Wildman–Crippen MR) is 52.9 cm³/mol. The van der Waals surface area contributed by atoms with Gasteiger partial charge in [-0.2, -0.15) is 5.10 Å². The Morgan fingerprint density at radius 3 is 2.57 bits per heavy atom. The fourth-order valence-corrected chi connectivity index (χ4v) is 1.13. The molecule has 0 aliphatic rings. The largest absolute Gasteiger partial charge is 0.392 e. The van der Waals surface area contributed by atoms with Gasteiger partial charge < -0.3 is 15.1 Å². The molecule has 14 heavy (non-hydrogen) atoms. The van der Waals surface area contributed by atoms with Crippen LogP contribution in [0.3, 0.4) is 0 Å². The van der Waals surface area contributed by atoms with E-state index in [4.69, 9.17) is 10.2 Å². The zero-order chi connectivity index (χ0) is 10.6. The van der Waals surface area contributed by atoms with Crippen molar-refractivity contribution in [1.29, 1.82) is 0 Å². The standard InChI is InChI=1S/C9H15N3O2/c1-7(14)5-12(2)9-4-3-8(6-13)10-11-9/h3-4,7,13-14H,5-6H2,1-2H3. The minimum Gasteiger partial charge on any atom is -0.392 e. The van der Waals surface area contributed by atoms with Gasteiger partial charge in [-0.1, -0.05) is 0 Å². The SMILES string of the molecule is CC(O)CN(C)c1ccc(CO)nn1. The van der Waals surface area contributed by atoms with E-state index in [9.17, 15) is 0 Å². The number of rotatable bonds is 4. The molecule has 0 radical (unpaired) electrons. The van der Waals surface area contributed by atoms with E-state index in [0.717, 1.165) is 0 Å². The van der Waals surface area contributed by atoms with Crippen LogP contribution in [0.1, 0.15) is 12.6 Å². The number of anilines is 1. The van der Waals surface area contributed by atoms with Crippen LogP contribution in [0.2, 0.25) is 0 Å². The van der Waals surface area contributed by atoms with Crippen molar-refractivity contribution in [3.8, 4) is 0 Å². The van der Waals surface area contributed by atoms with Crippen molar-refractivity contribution in [2.75, 3.05) is 18.5 Å². The lowest BCUT2D eigenvalue weighted by atomic mass is 10.3. The second-order valence-corrected chi connectivity index (χ2v) is 3.27. The molecular weight excluding hydrogens is 182 g/mol. The van der Waals surface area contributed by atoms with E-state index < -0.39 is 6.10 Å². The minimum absolute atomic E-state index is 0.104. The van der Waals surface area contributed by atoms with Crippen molar-refractivity contribution < 1.29 is 10.2 Å². The molecule has 0 aromatic carbocycles. The van der Waals surface area contributed by atoms with Gasteiger partial charge in [0.15, 0.2) is 5.82 Å². The highest BCUT2D eigenvalue weighted by molar-refractivity contribution is 5.36. The fraction of sp³-hybridized carbons (Fsp3) is 0.556. The molecule has 1 aromatic rings. The second-order valence-electron chi connectivity index (χ2n) is 3.27. The molecule has 0 aliphatic carbocycles. The van der Waals surface area contributed by atoms with Crippen LogP contribution in [-0.2, 0) is 6.61 Å². The highest BCUT2D eigenvalue weighted by atomic mass is 16.3. The molecule has 5 heteroatoms. The first-order valence-electron chi connectivity index (χ1n) is 4.46. The molecule has 2 N–H and O–H groups in total. The Labute approximate surface area is 83.0 Å². The Morgan fingerprint density at radius 1 is 1.43 bits per heavy atom. The molecule has 0 spiro atoms. The van der Waals surface area contributed by atoms with Crippen molar-refractivity contribution in [2.45, 2.75) is 19.6 Å². The molecule has 1 atom stereocenters. The number of aromatic nitrogens is 2. The molecule has 5 nitrogen and oxygen atoms in total. The zero-order valence-corrected chi connectivity index (χ0v) is 8.38. The van der Waals surface area contributed by atoms with Gasteiger partial charge in [-0.3, -0.25) is 0 Å². The van der Waals surface area contributed by atoms with Gasteiger partial charge in [0, 0.05) is 13.6 Å². The summed E-state index contributed by atoms with van der Waals surface area (Å²) in [5, 5.41) is 25.6. The van der Waals surface area contributed by atoms with Crippen LogP contribution in [0.25, 0.3) is 0 Å². The Morgan fingerprint density at radius 2 is 2.14 bits per heavy atom. The predicted octanol–water partition coefficient (Wildman–Crippen LogP) is -0.214.